The average Bonchev–Trinajstić information content (AvgIpc) is 2.07. The number of aromatic nitrogens is 2. The zero-order valence-electron chi connectivity index (χ0n) is 6.66. The fourth-order valence-corrected chi connectivity index (χ4v) is 1.08. The summed E-state index contributed by atoms with van der Waals surface area (Å²) in [7, 11) is 0. The summed E-state index contributed by atoms with van der Waals surface area (Å²) < 4.78 is 0. The number of halogens is 1. The molecule has 0 fully saturated rings. The van der Waals surface area contributed by atoms with Crippen LogP contribution in [0.1, 0.15) is 17.4 Å². The molecule has 0 saturated carbocycles. The minimum Gasteiger partial charge on any atom is -0.242 e. The standard InChI is InChI=1S/C8H8ClN3/c1-6-11-3-2-8(12-6)7(4-9)5-10/h2-3,7H,4H2,1H3. The zero-order valence-corrected chi connectivity index (χ0v) is 7.41. The van der Waals surface area contributed by atoms with Gasteiger partial charge in [-0.15, -0.1) is 11.6 Å². The van der Waals surface area contributed by atoms with Crippen LogP contribution in [0.25, 0.3) is 0 Å². The van der Waals surface area contributed by atoms with Crippen LogP contribution in [-0.4, -0.2) is 15.8 Å². The molecule has 0 aromatic carbocycles. The van der Waals surface area contributed by atoms with E-state index in [2.05, 4.69) is 16.0 Å². The largest absolute Gasteiger partial charge is 0.242 e. The summed E-state index contributed by atoms with van der Waals surface area (Å²) in [4.78, 5) is 8.02. The van der Waals surface area contributed by atoms with Gasteiger partial charge < -0.3 is 0 Å². The molecule has 1 rings (SSSR count). The van der Waals surface area contributed by atoms with E-state index in [-0.39, 0.29) is 11.8 Å². The van der Waals surface area contributed by atoms with Crippen molar-refractivity contribution in [1.29, 1.82) is 5.26 Å². The lowest BCUT2D eigenvalue weighted by Gasteiger charge is -2.03. The van der Waals surface area contributed by atoms with Crippen LogP contribution in [0.5, 0.6) is 0 Å². The van der Waals surface area contributed by atoms with E-state index in [0.29, 0.717) is 11.5 Å². The fourth-order valence-electron chi connectivity index (χ4n) is 0.848. The van der Waals surface area contributed by atoms with Gasteiger partial charge in [0.1, 0.15) is 11.7 Å². The molecule has 3 nitrogen and oxygen atoms in total. The summed E-state index contributed by atoms with van der Waals surface area (Å²) in [6.07, 6.45) is 1.63. The highest BCUT2D eigenvalue weighted by Crippen LogP contribution is 2.12. The van der Waals surface area contributed by atoms with Gasteiger partial charge >= 0.3 is 0 Å². The first-order valence-corrected chi connectivity index (χ1v) is 4.06. The molecule has 1 aromatic heterocycles. The smallest absolute Gasteiger partial charge is 0.125 e. The Bertz CT molecular complexity index is 305. The van der Waals surface area contributed by atoms with Crippen molar-refractivity contribution in [3.05, 3.63) is 23.8 Å². The molecule has 0 N–H and O–H groups in total. The Balaban J connectivity index is 2.95. The lowest BCUT2D eigenvalue weighted by molar-refractivity contribution is 0.884. The van der Waals surface area contributed by atoms with Gasteiger partial charge in [0.25, 0.3) is 0 Å². The van der Waals surface area contributed by atoms with Crippen LogP contribution in [-0.2, 0) is 0 Å². The first kappa shape index (κ1) is 8.95. The number of hydrogen-bond donors (Lipinski definition) is 0. The number of hydrogen-bond acceptors (Lipinski definition) is 3. The Hall–Kier alpha value is -1.14. The third-order valence-electron chi connectivity index (χ3n) is 1.46. The van der Waals surface area contributed by atoms with Gasteiger partial charge in [-0.1, -0.05) is 0 Å². The van der Waals surface area contributed by atoms with E-state index in [4.69, 9.17) is 16.9 Å². The van der Waals surface area contributed by atoms with Gasteiger partial charge in [-0.3, -0.25) is 0 Å². The third-order valence-corrected chi connectivity index (χ3v) is 1.77. The number of nitrogens with zero attached hydrogens (tertiary/aromatic N) is 3. The Morgan fingerprint density at radius 1 is 1.75 bits per heavy atom. The highest BCUT2D eigenvalue weighted by Gasteiger charge is 2.09. The summed E-state index contributed by atoms with van der Waals surface area (Å²) >= 11 is 5.57. The minimum absolute atomic E-state index is 0.271. The second-order valence-electron chi connectivity index (χ2n) is 2.36. The third kappa shape index (κ3) is 1.93. The van der Waals surface area contributed by atoms with Crippen molar-refractivity contribution in [2.24, 2.45) is 0 Å². The maximum atomic E-state index is 8.68. The zero-order chi connectivity index (χ0) is 8.97. The summed E-state index contributed by atoms with van der Waals surface area (Å²) in [6, 6.07) is 3.78. The normalized spacial score (nSPS) is 12.1. The van der Waals surface area contributed by atoms with Crippen LogP contribution in [0.15, 0.2) is 12.3 Å². The fraction of sp³-hybridized carbons (Fsp3) is 0.375. The minimum atomic E-state index is -0.326. The molecule has 0 aliphatic rings. The van der Waals surface area contributed by atoms with Crippen LogP contribution < -0.4 is 0 Å². The molecular weight excluding hydrogens is 174 g/mol. The Kier molecular flexibility index (Phi) is 3.01. The molecule has 0 amide bonds. The second kappa shape index (κ2) is 4.03. The van der Waals surface area contributed by atoms with Crippen LogP contribution in [0.3, 0.4) is 0 Å². The molecular formula is C8H8ClN3. The van der Waals surface area contributed by atoms with Crippen molar-refractivity contribution >= 4 is 11.6 Å². The number of aryl methyl sites for hydroxylation is 1. The SMILES string of the molecule is Cc1nccc(C(C#N)CCl)n1. The van der Waals surface area contributed by atoms with E-state index in [9.17, 15) is 0 Å². The molecule has 0 saturated heterocycles. The van der Waals surface area contributed by atoms with Gasteiger partial charge in [-0.2, -0.15) is 5.26 Å². The van der Waals surface area contributed by atoms with Crippen molar-refractivity contribution < 1.29 is 0 Å². The Labute approximate surface area is 76.0 Å². The Morgan fingerprint density at radius 3 is 3.00 bits per heavy atom. The van der Waals surface area contributed by atoms with Crippen molar-refractivity contribution in [3.8, 4) is 6.07 Å². The number of alkyl halides is 1. The van der Waals surface area contributed by atoms with Crippen molar-refractivity contribution in [3.63, 3.8) is 0 Å². The van der Waals surface area contributed by atoms with E-state index >= 15 is 0 Å². The van der Waals surface area contributed by atoms with Crippen molar-refractivity contribution in [2.45, 2.75) is 12.8 Å². The van der Waals surface area contributed by atoms with Crippen molar-refractivity contribution in [1.82, 2.24) is 9.97 Å². The number of nitriles is 1. The molecule has 1 aromatic rings. The summed E-state index contributed by atoms with van der Waals surface area (Å²) in [5, 5.41) is 8.68. The van der Waals surface area contributed by atoms with E-state index in [1.807, 2.05) is 0 Å². The van der Waals surface area contributed by atoms with E-state index in [1.54, 1.807) is 19.2 Å². The predicted octanol–water partition coefficient (Wildman–Crippen LogP) is 1.63. The van der Waals surface area contributed by atoms with Gasteiger partial charge in [0.2, 0.25) is 0 Å². The Morgan fingerprint density at radius 2 is 2.50 bits per heavy atom. The predicted molar refractivity (Wildman–Crippen MR) is 45.8 cm³/mol. The maximum Gasteiger partial charge on any atom is 0.125 e. The highest BCUT2D eigenvalue weighted by molar-refractivity contribution is 6.18. The second-order valence-corrected chi connectivity index (χ2v) is 2.67. The maximum absolute atomic E-state index is 8.68. The molecule has 1 atom stereocenters. The molecule has 4 heteroatoms. The van der Waals surface area contributed by atoms with Gasteiger partial charge in [-0.25, -0.2) is 9.97 Å². The first-order valence-electron chi connectivity index (χ1n) is 3.53. The first-order chi connectivity index (χ1) is 5.77. The molecule has 1 heterocycles. The molecule has 0 radical (unpaired) electrons. The van der Waals surface area contributed by atoms with Crippen molar-refractivity contribution in [2.75, 3.05) is 5.88 Å². The molecule has 1 unspecified atom stereocenters. The lowest BCUT2D eigenvalue weighted by atomic mass is 10.1. The van der Waals surface area contributed by atoms with Gasteiger partial charge in [-0.05, 0) is 13.0 Å². The summed E-state index contributed by atoms with van der Waals surface area (Å²) in [6.45, 7) is 1.78. The van der Waals surface area contributed by atoms with E-state index in [1.165, 1.54) is 0 Å². The lowest BCUT2D eigenvalue weighted by Crippen LogP contribution is -2.02. The van der Waals surface area contributed by atoms with Crippen LogP contribution >= 0.6 is 11.6 Å². The molecule has 0 spiro atoms. The topological polar surface area (TPSA) is 49.6 Å². The average molecular weight is 182 g/mol. The van der Waals surface area contributed by atoms with Crippen LogP contribution in [0, 0.1) is 18.3 Å². The van der Waals surface area contributed by atoms with Gasteiger partial charge in [0.05, 0.1) is 11.8 Å². The molecule has 12 heavy (non-hydrogen) atoms. The molecule has 62 valence electrons. The van der Waals surface area contributed by atoms with E-state index in [0.717, 1.165) is 0 Å². The number of rotatable bonds is 2. The summed E-state index contributed by atoms with van der Waals surface area (Å²) in [5.41, 5.74) is 0.694. The monoisotopic (exact) mass is 181 g/mol. The molecule has 0 aliphatic heterocycles. The van der Waals surface area contributed by atoms with Crippen LogP contribution in [0.2, 0.25) is 0 Å². The molecule has 0 bridgehead atoms. The molecule has 0 aliphatic carbocycles. The summed E-state index contributed by atoms with van der Waals surface area (Å²) in [5.74, 6) is 0.610. The van der Waals surface area contributed by atoms with Gasteiger partial charge in [0.15, 0.2) is 0 Å². The quantitative estimate of drug-likeness (QED) is 0.652. The highest BCUT2D eigenvalue weighted by atomic mass is 35.5. The van der Waals surface area contributed by atoms with Crippen LogP contribution in [0.4, 0.5) is 0 Å². The van der Waals surface area contributed by atoms with Gasteiger partial charge in [0, 0.05) is 12.1 Å². The van der Waals surface area contributed by atoms with E-state index < -0.39 is 0 Å².